The van der Waals surface area contributed by atoms with E-state index in [2.05, 4.69) is 13.1 Å². The first-order chi connectivity index (χ1) is 11.7. The van der Waals surface area contributed by atoms with Crippen LogP contribution in [-0.4, -0.2) is 68.7 Å². The first kappa shape index (κ1) is 24.7. The zero-order chi connectivity index (χ0) is 19.3. The minimum absolute atomic E-state index is 0.0781. The number of hydrogen-bond donors (Lipinski definition) is 1. The standard InChI is InChI=1S/C15H34O8Si2/c1-7-14(2)23-15(17)11-25(18-3,19-4)22-13-20-12-21-24(5,6)10-8-9-16/h14,16H,7-13H2,1-6H3. The lowest BCUT2D eigenvalue weighted by Gasteiger charge is -2.26. The highest BCUT2D eigenvalue weighted by Gasteiger charge is 2.43. The number of carbonyl (C=O) groups is 1. The van der Waals surface area contributed by atoms with Crippen molar-refractivity contribution in [1.29, 1.82) is 0 Å². The van der Waals surface area contributed by atoms with Crippen molar-refractivity contribution < 1.29 is 37.1 Å². The van der Waals surface area contributed by atoms with E-state index in [4.69, 9.17) is 32.3 Å². The van der Waals surface area contributed by atoms with Crippen molar-refractivity contribution >= 4 is 23.1 Å². The molecule has 150 valence electrons. The third kappa shape index (κ3) is 11.1. The summed E-state index contributed by atoms with van der Waals surface area (Å²) in [5.74, 6) is -0.418. The molecule has 10 heteroatoms. The molecule has 0 saturated carbocycles. The third-order valence-corrected chi connectivity index (χ3v) is 8.70. The van der Waals surface area contributed by atoms with Gasteiger partial charge >= 0.3 is 14.8 Å². The van der Waals surface area contributed by atoms with Gasteiger partial charge in [0.2, 0.25) is 0 Å². The maximum absolute atomic E-state index is 12.0. The van der Waals surface area contributed by atoms with Crippen LogP contribution in [0.1, 0.15) is 26.7 Å². The number of esters is 1. The van der Waals surface area contributed by atoms with E-state index in [9.17, 15) is 4.79 Å². The van der Waals surface area contributed by atoms with Gasteiger partial charge < -0.3 is 32.3 Å². The van der Waals surface area contributed by atoms with Crippen LogP contribution in [0.2, 0.25) is 25.2 Å². The fourth-order valence-electron chi connectivity index (χ4n) is 1.87. The molecule has 0 radical (unpaired) electrons. The molecule has 0 rings (SSSR count). The summed E-state index contributed by atoms with van der Waals surface area (Å²) in [5.41, 5.74) is 0. The van der Waals surface area contributed by atoms with Crippen LogP contribution >= 0.6 is 0 Å². The average molecular weight is 399 g/mol. The molecule has 0 aromatic rings. The molecule has 0 aliphatic rings. The van der Waals surface area contributed by atoms with Crippen molar-refractivity contribution in [2.45, 2.75) is 58.0 Å². The first-order valence-electron chi connectivity index (χ1n) is 8.50. The van der Waals surface area contributed by atoms with E-state index in [1.807, 2.05) is 13.8 Å². The minimum atomic E-state index is -3.18. The van der Waals surface area contributed by atoms with E-state index in [0.29, 0.717) is 0 Å². The number of carbonyl (C=O) groups excluding carboxylic acids is 1. The maximum Gasteiger partial charge on any atom is 0.513 e. The molecular weight excluding hydrogens is 364 g/mol. The monoisotopic (exact) mass is 398 g/mol. The lowest BCUT2D eigenvalue weighted by Crippen LogP contribution is -2.47. The Bertz CT molecular complexity index is 363. The summed E-state index contributed by atoms with van der Waals surface area (Å²) in [7, 11) is -2.15. The van der Waals surface area contributed by atoms with Crippen LogP contribution in [0.5, 0.6) is 0 Å². The SMILES string of the molecule is CCC(C)OC(=O)C[Si](OC)(OC)OCOCO[Si](C)(C)CCCO. The second kappa shape index (κ2) is 12.9. The van der Waals surface area contributed by atoms with Crippen molar-refractivity contribution in [2.75, 3.05) is 34.4 Å². The molecule has 0 aliphatic carbocycles. The van der Waals surface area contributed by atoms with Gasteiger partial charge in [-0.15, -0.1) is 0 Å². The fraction of sp³-hybridized carbons (Fsp3) is 0.933. The van der Waals surface area contributed by atoms with Gasteiger partial charge in [0.1, 0.15) is 19.6 Å². The van der Waals surface area contributed by atoms with Crippen LogP contribution < -0.4 is 0 Å². The first-order valence-corrected chi connectivity index (χ1v) is 13.5. The maximum atomic E-state index is 12.0. The van der Waals surface area contributed by atoms with Crippen LogP contribution in [0.25, 0.3) is 0 Å². The van der Waals surface area contributed by atoms with Gasteiger partial charge in [0, 0.05) is 20.8 Å². The Balaban J connectivity index is 4.28. The molecule has 0 saturated heterocycles. The molecule has 0 spiro atoms. The van der Waals surface area contributed by atoms with Gasteiger partial charge in [-0.1, -0.05) is 6.92 Å². The van der Waals surface area contributed by atoms with E-state index in [1.165, 1.54) is 14.2 Å². The number of rotatable bonds is 15. The fourth-order valence-corrected chi connectivity index (χ4v) is 4.92. The summed E-state index contributed by atoms with van der Waals surface area (Å²) in [4.78, 5) is 12.0. The topological polar surface area (TPSA) is 92.7 Å². The molecule has 0 aromatic carbocycles. The van der Waals surface area contributed by atoms with Crippen LogP contribution in [0.4, 0.5) is 0 Å². The lowest BCUT2D eigenvalue weighted by molar-refractivity contribution is -0.147. The molecule has 1 atom stereocenters. The van der Waals surface area contributed by atoms with Crippen LogP contribution in [0.3, 0.4) is 0 Å². The number of hydrogen-bond acceptors (Lipinski definition) is 8. The molecule has 25 heavy (non-hydrogen) atoms. The smallest absolute Gasteiger partial charge is 0.463 e. The Hall–Kier alpha value is -0.336. The molecule has 0 amide bonds. The molecular formula is C15H34O8Si2. The van der Waals surface area contributed by atoms with Crippen LogP contribution in [-0.2, 0) is 32.0 Å². The molecule has 0 aliphatic heterocycles. The number of aliphatic hydroxyl groups is 1. The second-order valence-electron chi connectivity index (χ2n) is 6.29. The number of aliphatic hydroxyl groups excluding tert-OH is 1. The highest BCUT2D eigenvalue weighted by Crippen LogP contribution is 2.17. The zero-order valence-electron chi connectivity index (χ0n) is 16.3. The predicted octanol–water partition coefficient (Wildman–Crippen LogP) is 2.11. The summed E-state index contributed by atoms with van der Waals surface area (Å²) in [6.07, 6.45) is 1.29. The summed E-state index contributed by atoms with van der Waals surface area (Å²) >= 11 is 0. The molecule has 1 unspecified atom stereocenters. The minimum Gasteiger partial charge on any atom is -0.463 e. The van der Waals surface area contributed by atoms with Crippen LogP contribution in [0.15, 0.2) is 0 Å². The van der Waals surface area contributed by atoms with Gasteiger partial charge in [-0.05, 0) is 38.9 Å². The Morgan fingerprint density at radius 1 is 1.12 bits per heavy atom. The van der Waals surface area contributed by atoms with Crippen molar-refractivity contribution in [3.8, 4) is 0 Å². The Labute approximate surface area is 153 Å². The van der Waals surface area contributed by atoms with Gasteiger partial charge in [-0.3, -0.25) is 4.79 Å². The average Bonchev–Trinajstić information content (AvgIpc) is 2.58. The second-order valence-corrected chi connectivity index (χ2v) is 13.4. The van der Waals surface area contributed by atoms with Gasteiger partial charge in [-0.25, -0.2) is 0 Å². The quantitative estimate of drug-likeness (QED) is 0.194. The highest BCUT2D eigenvalue weighted by molar-refractivity contribution is 6.71. The van der Waals surface area contributed by atoms with Crippen LogP contribution in [0, 0.1) is 0 Å². The van der Waals surface area contributed by atoms with Gasteiger partial charge in [0.25, 0.3) is 0 Å². The summed E-state index contributed by atoms with van der Waals surface area (Å²) in [6, 6.07) is 0.773. The normalized spacial score (nSPS) is 13.7. The molecule has 0 fully saturated rings. The van der Waals surface area contributed by atoms with Gasteiger partial charge in [-0.2, -0.15) is 0 Å². The van der Waals surface area contributed by atoms with Crippen molar-refractivity contribution in [1.82, 2.24) is 0 Å². The van der Waals surface area contributed by atoms with Crippen molar-refractivity contribution in [3.63, 3.8) is 0 Å². The van der Waals surface area contributed by atoms with E-state index >= 15 is 0 Å². The molecule has 8 nitrogen and oxygen atoms in total. The van der Waals surface area contributed by atoms with Crippen molar-refractivity contribution in [3.05, 3.63) is 0 Å². The van der Waals surface area contributed by atoms with E-state index in [0.717, 1.165) is 18.9 Å². The lowest BCUT2D eigenvalue weighted by atomic mass is 10.3. The summed E-state index contributed by atoms with van der Waals surface area (Å²) < 4.78 is 32.5. The number of ether oxygens (including phenoxy) is 2. The van der Waals surface area contributed by atoms with Gasteiger partial charge in [0.15, 0.2) is 8.32 Å². The van der Waals surface area contributed by atoms with Gasteiger partial charge in [0.05, 0.1) is 6.10 Å². The van der Waals surface area contributed by atoms with E-state index in [1.54, 1.807) is 0 Å². The highest BCUT2D eigenvalue weighted by atomic mass is 28.4. The largest absolute Gasteiger partial charge is 0.513 e. The van der Waals surface area contributed by atoms with Crippen molar-refractivity contribution in [2.24, 2.45) is 0 Å². The molecule has 0 bridgehead atoms. The Kier molecular flexibility index (Phi) is 12.8. The third-order valence-electron chi connectivity index (χ3n) is 3.72. The summed E-state index contributed by atoms with van der Waals surface area (Å²) in [6.45, 7) is 8.01. The summed E-state index contributed by atoms with van der Waals surface area (Å²) in [5, 5.41) is 8.88. The van der Waals surface area contributed by atoms with E-state index < -0.39 is 23.1 Å². The molecule has 0 heterocycles. The van der Waals surface area contributed by atoms with E-state index in [-0.39, 0.29) is 32.3 Å². The zero-order valence-corrected chi connectivity index (χ0v) is 18.3. The molecule has 0 aromatic heterocycles. The Morgan fingerprint density at radius 3 is 2.24 bits per heavy atom. The molecule has 1 N–H and O–H groups in total. The predicted molar refractivity (Wildman–Crippen MR) is 97.4 cm³/mol. The Morgan fingerprint density at radius 2 is 1.72 bits per heavy atom.